The third kappa shape index (κ3) is 6.40. The Balaban J connectivity index is 2.13. The third-order valence-electron chi connectivity index (χ3n) is 4.16. The predicted octanol–water partition coefficient (Wildman–Crippen LogP) is 3.62. The lowest BCUT2D eigenvalue weighted by atomic mass is 10.1. The molecule has 0 aromatic rings. The Kier molecular flexibility index (Phi) is 8.24. The average Bonchev–Trinajstić information content (AvgIpc) is 2.77. The molecule has 0 saturated carbocycles. The van der Waals surface area contributed by atoms with E-state index >= 15 is 0 Å². The summed E-state index contributed by atoms with van der Waals surface area (Å²) in [5.74, 6) is -0.463. The van der Waals surface area contributed by atoms with E-state index in [1.54, 1.807) is 0 Å². The van der Waals surface area contributed by atoms with E-state index < -0.39 is 0 Å². The SMILES string of the molecule is CCCCCCCCCC(=O)CC(=O)N1C(=O)CCC1C. The molecule has 1 rings (SSSR count). The van der Waals surface area contributed by atoms with E-state index in [9.17, 15) is 14.4 Å². The Hall–Kier alpha value is -1.19. The molecule has 1 aliphatic rings. The molecule has 1 saturated heterocycles. The van der Waals surface area contributed by atoms with Gasteiger partial charge in [0.2, 0.25) is 11.8 Å². The van der Waals surface area contributed by atoms with Crippen molar-refractivity contribution >= 4 is 17.6 Å². The lowest BCUT2D eigenvalue weighted by Gasteiger charge is -2.18. The topological polar surface area (TPSA) is 54.5 Å². The molecule has 1 aliphatic heterocycles. The molecule has 1 atom stereocenters. The van der Waals surface area contributed by atoms with Crippen molar-refractivity contribution in [3.8, 4) is 0 Å². The molecule has 4 heteroatoms. The number of carbonyl (C=O) groups is 3. The number of unbranched alkanes of at least 4 members (excludes halogenated alkanes) is 6. The van der Waals surface area contributed by atoms with Crippen molar-refractivity contribution in [3.63, 3.8) is 0 Å². The lowest BCUT2D eigenvalue weighted by molar-refractivity contribution is -0.144. The van der Waals surface area contributed by atoms with Crippen molar-refractivity contribution in [2.45, 2.75) is 90.5 Å². The first-order valence-corrected chi connectivity index (χ1v) is 8.42. The van der Waals surface area contributed by atoms with Gasteiger partial charge in [0.05, 0.1) is 6.42 Å². The smallest absolute Gasteiger partial charge is 0.236 e. The van der Waals surface area contributed by atoms with E-state index in [1.807, 2.05) is 6.92 Å². The van der Waals surface area contributed by atoms with Gasteiger partial charge in [-0.15, -0.1) is 0 Å². The van der Waals surface area contributed by atoms with Crippen LogP contribution in [0.3, 0.4) is 0 Å². The fourth-order valence-electron chi connectivity index (χ4n) is 2.83. The number of imide groups is 1. The van der Waals surface area contributed by atoms with Gasteiger partial charge in [-0.05, 0) is 19.8 Å². The Labute approximate surface area is 128 Å². The standard InChI is InChI=1S/C17H29NO3/c1-3-4-5-6-7-8-9-10-15(19)13-17(21)18-14(2)11-12-16(18)20/h14H,3-13H2,1-2H3. The van der Waals surface area contributed by atoms with Gasteiger partial charge in [-0.2, -0.15) is 0 Å². The Bertz CT molecular complexity index is 365. The minimum atomic E-state index is -0.307. The normalized spacial score (nSPS) is 18.3. The first kappa shape index (κ1) is 17.9. The second-order valence-corrected chi connectivity index (χ2v) is 6.13. The van der Waals surface area contributed by atoms with Gasteiger partial charge in [0.1, 0.15) is 5.78 Å². The molecule has 4 nitrogen and oxygen atoms in total. The quantitative estimate of drug-likeness (QED) is 0.457. The average molecular weight is 295 g/mol. The van der Waals surface area contributed by atoms with E-state index in [-0.39, 0.29) is 30.1 Å². The van der Waals surface area contributed by atoms with Crippen molar-refractivity contribution in [1.29, 1.82) is 0 Å². The van der Waals surface area contributed by atoms with Crippen LogP contribution < -0.4 is 0 Å². The molecule has 21 heavy (non-hydrogen) atoms. The summed E-state index contributed by atoms with van der Waals surface area (Å²) < 4.78 is 0. The summed E-state index contributed by atoms with van der Waals surface area (Å²) in [5, 5.41) is 0. The van der Waals surface area contributed by atoms with Crippen LogP contribution in [0.1, 0.15) is 84.5 Å². The van der Waals surface area contributed by atoms with E-state index in [0.717, 1.165) is 19.3 Å². The molecule has 0 aromatic heterocycles. The number of Topliss-reactive ketones (excluding diaryl/α,β-unsaturated/α-hetero) is 1. The number of hydrogen-bond donors (Lipinski definition) is 0. The first-order chi connectivity index (χ1) is 10.1. The molecule has 120 valence electrons. The van der Waals surface area contributed by atoms with E-state index in [4.69, 9.17) is 0 Å². The number of carbonyl (C=O) groups excluding carboxylic acids is 3. The maximum atomic E-state index is 12.0. The Morgan fingerprint density at radius 2 is 1.71 bits per heavy atom. The highest BCUT2D eigenvalue weighted by Gasteiger charge is 2.33. The predicted molar refractivity (Wildman–Crippen MR) is 82.8 cm³/mol. The molecular formula is C17H29NO3. The molecule has 0 aromatic carbocycles. The number of ketones is 1. The highest BCUT2D eigenvalue weighted by molar-refractivity contribution is 6.05. The molecule has 2 amide bonds. The van der Waals surface area contributed by atoms with Crippen molar-refractivity contribution in [2.24, 2.45) is 0 Å². The van der Waals surface area contributed by atoms with Crippen LogP contribution in [0.15, 0.2) is 0 Å². The summed E-state index contributed by atoms with van der Waals surface area (Å²) in [5.41, 5.74) is 0. The van der Waals surface area contributed by atoms with Crippen LogP contribution in [-0.2, 0) is 14.4 Å². The van der Waals surface area contributed by atoms with Gasteiger partial charge in [0.25, 0.3) is 0 Å². The molecule has 1 heterocycles. The fraction of sp³-hybridized carbons (Fsp3) is 0.824. The second-order valence-electron chi connectivity index (χ2n) is 6.13. The monoisotopic (exact) mass is 295 g/mol. The number of hydrogen-bond acceptors (Lipinski definition) is 3. The van der Waals surface area contributed by atoms with Crippen molar-refractivity contribution in [3.05, 3.63) is 0 Å². The van der Waals surface area contributed by atoms with Crippen molar-refractivity contribution in [1.82, 2.24) is 4.90 Å². The van der Waals surface area contributed by atoms with Crippen LogP contribution in [0.4, 0.5) is 0 Å². The zero-order valence-corrected chi connectivity index (χ0v) is 13.5. The summed E-state index contributed by atoms with van der Waals surface area (Å²) in [6.45, 7) is 4.06. The van der Waals surface area contributed by atoms with E-state index in [2.05, 4.69) is 6.92 Å². The summed E-state index contributed by atoms with van der Waals surface area (Å²) in [4.78, 5) is 36.6. The lowest BCUT2D eigenvalue weighted by Crippen LogP contribution is -2.38. The zero-order valence-electron chi connectivity index (χ0n) is 13.5. The van der Waals surface area contributed by atoms with Gasteiger partial charge in [0.15, 0.2) is 0 Å². The third-order valence-corrected chi connectivity index (χ3v) is 4.16. The molecular weight excluding hydrogens is 266 g/mol. The van der Waals surface area contributed by atoms with Gasteiger partial charge in [-0.3, -0.25) is 19.3 Å². The van der Waals surface area contributed by atoms with Crippen LogP contribution >= 0.6 is 0 Å². The van der Waals surface area contributed by atoms with Crippen LogP contribution in [-0.4, -0.2) is 28.5 Å². The summed E-state index contributed by atoms with van der Waals surface area (Å²) in [6.07, 6.45) is 9.65. The second kappa shape index (κ2) is 9.69. The maximum Gasteiger partial charge on any atom is 0.236 e. The first-order valence-electron chi connectivity index (χ1n) is 8.42. The molecule has 0 spiro atoms. The maximum absolute atomic E-state index is 12.0. The highest BCUT2D eigenvalue weighted by Crippen LogP contribution is 2.19. The number of rotatable bonds is 10. The van der Waals surface area contributed by atoms with E-state index in [1.165, 1.54) is 37.0 Å². The largest absolute Gasteiger partial charge is 0.299 e. The zero-order chi connectivity index (χ0) is 15.7. The van der Waals surface area contributed by atoms with Crippen LogP contribution in [0.2, 0.25) is 0 Å². The highest BCUT2D eigenvalue weighted by atomic mass is 16.2. The number of amides is 2. The summed E-state index contributed by atoms with van der Waals surface area (Å²) in [7, 11) is 0. The number of likely N-dealkylation sites (tertiary alicyclic amines) is 1. The van der Waals surface area contributed by atoms with Gasteiger partial charge in [-0.1, -0.05) is 45.4 Å². The van der Waals surface area contributed by atoms with E-state index in [0.29, 0.717) is 12.8 Å². The van der Waals surface area contributed by atoms with Crippen molar-refractivity contribution < 1.29 is 14.4 Å². The van der Waals surface area contributed by atoms with Gasteiger partial charge >= 0.3 is 0 Å². The van der Waals surface area contributed by atoms with Crippen molar-refractivity contribution in [2.75, 3.05) is 0 Å². The minimum absolute atomic E-state index is 0.0274. The van der Waals surface area contributed by atoms with Crippen LogP contribution in [0.5, 0.6) is 0 Å². The van der Waals surface area contributed by atoms with Crippen LogP contribution in [0.25, 0.3) is 0 Å². The molecule has 0 bridgehead atoms. The molecule has 0 N–H and O–H groups in total. The van der Waals surface area contributed by atoms with Gasteiger partial charge < -0.3 is 0 Å². The molecule has 1 fully saturated rings. The molecule has 1 unspecified atom stereocenters. The number of nitrogens with zero attached hydrogens (tertiary/aromatic N) is 1. The Morgan fingerprint density at radius 3 is 2.29 bits per heavy atom. The fourth-order valence-corrected chi connectivity index (χ4v) is 2.83. The Morgan fingerprint density at radius 1 is 1.10 bits per heavy atom. The summed E-state index contributed by atoms with van der Waals surface area (Å²) in [6, 6.07) is -0.0450. The summed E-state index contributed by atoms with van der Waals surface area (Å²) >= 11 is 0. The minimum Gasteiger partial charge on any atom is -0.299 e. The van der Waals surface area contributed by atoms with Crippen LogP contribution in [0, 0.1) is 0 Å². The van der Waals surface area contributed by atoms with Gasteiger partial charge in [-0.25, -0.2) is 0 Å². The molecule has 0 radical (unpaired) electrons. The van der Waals surface area contributed by atoms with Gasteiger partial charge in [0, 0.05) is 18.9 Å². The molecule has 0 aliphatic carbocycles.